The van der Waals surface area contributed by atoms with Crippen LogP contribution >= 0.6 is 11.6 Å². The SMILES string of the molecule is CCOc1cccc(N=N)c1C(=O)Nc1ccc(Cl)c(C(F)(F)F)c1. The Kier molecular flexibility index (Phi) is 5.63. The number of rotatable bonds is 5. The first kappa shape index (κ1) is 18.7. The summed E-state index contributed by atoms with van der Waals surface area (Å²) in [7, 11) is 0. The van der Waals surface area contributed by atoms with Crippen molar-refractivity contribution in [2.75, 3.05) is 11.9 Å². The first-order chi connectivity index (χ1) is 11.8. The molecule has 0 radical (unpaired) electrons. The third-order valence-corrected chi connectivity index (χ3v) is 3.51. The van der Waals surface area contributed by atoms with Crippen LogP contribution < -0.4 is 10.1 Å². The summed E-state index contributed by atoms with van der Waals surface area (Å²) >= 11 is 5.56. The largest absolute Gasteiger partial charge is 0.493 e. The van der Waals surface area contributed by atoms with Crippen LogP contribution in [0.5, 0.6) is 5.75 Å². The molecule has 2 rings (SSSR count). The second-order valence-electron chi connectivity index (χ2n) is 4.84. The minimum atomic E-state index is -4.65. The number of amides is 1. The number of nitrogens with zero attached hydrogens (tertiary/aromatic N) is 1. The van der Waals surface area contributed by atoms with Gasteiger partial charge < -0.3 is 10.1 Å². The van der Waals surface area contributed by atoms with Crippen LogP contribution in [0.4, 0.5) is 24.5 Å². The van der Waals surface area contributed by atoms with Gasteiger partial charge in [-0.25, -0.2) is 5.53 Å². The van der Waals surface area contributed by atoms with E-state index in [1.807, 2.05) is 0 Å². The topological polar surface area (TPSA) is 74.5 Å². The van der Waals surface area contributed by atoms with Gasteiger partial charge in [-0.1, -0.05) is 17.7 Å². The highest BCUT2D eigenvalue weighted by molar-refractivity contribution is 6.31. The predicted octanol–water partition coefficient (Wildman–Crippen LogP) is 5.67. The van der Waals surface area contributed by atoms with Gasteiger partial charge in [-0.3, -0.25) is 4.79 Å². The lowest BCUT2D eigenvalue weighted by atomic mass is 10.1. The Morgan fingerprint density at radius 3 is 2.64 bits per heavy atom. The van der Waals surface area contributed by atoms with Crippen molar-refractivity contribution >= 4 is 28.9 Å². The van der Waals surface area contributed by atoms with Crippen molar-refractivity contribution < 1.29 is 22.7 Å². The fraction of sp³-hybridized carbons (Fsp3) is 0.188. The number of hydrogen-bond acceptors (Lipinski definition) is 4. The summed E-state index contributed by atoms with van der Waals surface area (Å²) in [5.41, 5.74) is 6.00. The Balaban J connectivity index is 2.40. The number of alkyl halides is 3. The fourth-order valence-corrected chi connectivity index (χ4v) is 2.36. The highest BCUT2D eigenvalue weighted by Crippen LogP contribution is 2.36. The lowest BCUT2D eigenvalue weighted by Crippen LogP contribution is -2.15. The van der Waals surface area contributed by atoms with Crippen LogP contribution in [0.3, 0.4) is 0 Å². The third-order valence-electron chi connectivity index (χ3n) is 3.18. The van der Waals surface area contributed by atoms with Gasteiger partial charge in [0.05, 0.1) is 17.2 Å². The van der Waals surface area contributed by atoms with Gasteiger partial charge in [-0.05, 0) is 37.3 Å². The van der Waals surface area contributed by atoms with E-state index in [2.05, 4.69) is 10.4 Å². The summed E-state index contributed by atoms with van der Waals surface area (Å²) in [5, 5.41) is 5.14. The number of nitrogens with one attached hydrogen (secondary N) is 2. The van der Waals surface area contributed by atoms with E-state index in [4.69, 9.17) is 21.9 Å². The maximum atomic E-state index is 12.9. The number of carbonyl (C=O) groups is 1. The van der Waals surface area contributed by atoms with Crippen LogP contribution in [0.1, 0.15) is 22.8 Å². The van der Waals surface area contributed by atoms with Gasteiger partial charge in [0.1, 0.15) is 17.0 Å². The quantitative estimate of drug-likeness (QED) is 0.664. The second-order valence-corrected chi connectivity index (χ2v) is 5.25. The summed E-state index contributed by atoms with van der Waals surface area (Å²) in [6.07, 6.45) is -4.65. The van der Waals surface area contributed by atoms with E-state index < -0.39 is 22.7 Å². The van der Waals surface area contributed by atoms with Crippen molar-refractivity contribution in [3.05, 3.63) is 52.5 Å². The molecule has 0 aromatic heterocycles. The van der Waals surface area contributed by atoms with Gasteiger partial charge >= 0.3 is 6.18 Å². The van der Waals surface area contributed by atoms with Crippen molar-refractivity contribution in [1.82, 2.24) is 0 Å². The zero-order chi connectivity index (χ0) is 18.6. The molecule has 0 saturated heterocycles. The van der Waals surface area contributed by atoms with Crippen molar-refractivity contribution in [2.45, 2.75) is 13.1 Å². The van der Waals surface area contributed by atoms with E-state index in [0.717, 1.165) is 12.1 Å². The van der Waals surface area contributed by atoms with Crippen LogP contribution in [0.25, 0.3) is 0 Å². The molecule has 0 aliphatic carbocycles. The molecule has 0 aliphatic rings. The van der Waals surface area contributed by atoms with Crippen LogP contribution in [0.15, 0.2) is 41.5 Å². The number of hydrogen-bond donors (Lipinski definition) is 2. The Morgan fingerprint density at radius 1 is 1.32 bits per heavy atom. The van der Waals surface area contributed by atoms with Crippen molar-refractivity contribution in [2.24, 2.45) is 5.11 Å². The molecule has 0 saturated carbocycles. The molecule has 2 aromatic carbocycles. The minimum Gasteiger partial charge on any atom is -0.493 e. The Bertz CT molecular complexity index is 810. The smallest absolute Gasteiger partial charge is 0.417 e. The molecule has 2 aromatic rings. The van der Waals surface area contributed by atoms with Crippen LogP contribution in [-0.4, -0.2) is 12.5 Å². The van der Waals surface area contributed by atoms with Gasteiger partial charge in [0.15, 0.2) is 0 Å². The van der Waals surface area contributed by atoms with Crippen LogP contribution in [0.2, 0.25) is 5.02 Å². The lowest BCUT2D eigenvalue weighted by molar-refractivity contribution is -0.137. The van der Waals surface area contributed by atoms with E-state index in [9.17, 15) is 18.0 Å². The first-order valence-corrected chi connectivity index (χ1v) is 7.47. The Hall–Kier alpha value is -2.61. The van der Waals surface area contributed by atoms with Gasteiger partial charge in [-0.2, -0.15) is 18.3 Å². The van der Waals surface area contributed by atoms with Gasteiger partial charge in [-0.15, -0.1) is 0 Å². The molecule has 25 heavy (non-hydrogen) atoms. The summed E-state index contributed by atoms with van der Waals surface area (Å²) < 4.78 is 44.1. The maximum absolute atomic E-state index is 12.9. The van der Waals surface area contributed by atoms with E-state index in [-0.39, 0.29) is 29.3 Å². The summed E-state index contributed by atoms with van der Waals surface area (Å²) in [6, 6.07) is 7.52. The zero-order valence-corrected chi connectivity index (χ0v) is 13.7. The highest BCUT2D eigenvalue weighted by atomic mass is 35.5. The van der Waals surface area contributed by atoms with Crippen LogP contribution in [0, 0.1) is 5.53 Å². The molecule has 132 valence electrons. The van der Waals surface area contributed by atoms with Gasteiger partial charge in [0, 0.05) is 5.69 Å². The highest BCUT2D eigenvalue weighted by Gasteiger charge is 2.33. The van der Waals surface area contributed by atoms with Crippen LogP contribution in [-0.2, 0) is 6.18 Å². The minimum absolute atomic E-state index is 0.0356. The first-order valence-electron chi connectivity index (χ1n) is 7.09. The molecule has 0 spiro atoms. The number of benzene rings is 2. The molecule has 0 bridgehead atoms. The summed E-state index contributed by atoms with van der Waals surface area (Å²) in [4.78, 5) is 12.5. The number of ether oxygens (including phenoxy) is 1. The molecule has 0 unspecified atom stereocenters. The zero-order valence-electron chi connectivity index (χ0n) is 12.9. The van der Waals surface area contributed by atoms with Gasteiger partial charge in [0.2, 0.25) is 0 Å². The number of halogens is 4. The van der Waals surface area contributed by atoms with E-state index in [1.165, 1.54) is 18.2 Å². The van der Waals surface area contributed by atoms with Crippen molar-refractivity contribution in [3.63, 3.8) is 0 Å². The molecular formula is C16H13ClF3N3O2. The average Bonchev–Trinajstić information content (AvgIpc) is 2.55. The standard InChI is InChI=1S/C16H13ClF3N3O2/c1-2-25-13-5-3-4-12(23-21)14(13)15(24)22-9-6-7-11(17)10(8-9)16(18,19)20/h3-8,21H,2H2,1H3,(H,22,24). The fourth-order valence-electron chi connectivity index (χ4n) is 2.13. The monoisotopic (exact) mass is 371 g/mol. The van der Waals surface area contributed by atoms with E-state index >= 15 is 0 Å². The molecule has 9 heteroatoms. The average molecular weight is 372 g/mol. The summed E-state index contributed by atoms with van der Waals surface area (Å²) in [5.74, 6) is -0.566. The van der Waals surface area contributed by atoms with Crippen molar-refractivity contribution in [1.29, 1.82) is 5.53 Å². The molecule has 1 amide bonds. The molecule has 5 nitrogen and oxygen atoms in total. The van der Waals surface area contributed by atoms with Crippen molar-refractivity contribution in [3.8, 4) is 5.75 Å². The Labute approximate surface area is 146 Å². The van der Waals surface area contributed by atoms with E-state index in [1.54, 1.807) is 13.0 Å². The number of anilines is 1. The summed E-state index contributed by atoms with van der Waals surface area (Å²) in [6.45, 7) is 1.97. The van der Waals surface area contributed by atoms with Gasteiger partial charge in [0.25, 0.3) is 5.91 Å². The molecule has 0 aliphatic heterocycles. The molecule has 0 heterocycles. The molecular weight excluding hydrogens is 359 g/mol. The molecule has 0 atom stereocenters. The molecule has 2 N–H and O–H groups in total. The van der Waals surface area contributed by atoms with E-state index in [0.29, 0.717) is 0 Å². The number of carbonyl (C=O) groups excluding carboxylic acids is 1. The second kappa shape index (κ2) is 7.52. The third kappa shape index (κ3) is 4.27. The maximum Gasteiger partial charge on any atom is 0.417 e. The Morgan fingerprint density at radius 2 is 2.04 bits per heavy atom. The predicted molar refractivity (Wildman–Crippen MR) is 86.8 cm³/mol. The lowest BCUT2D eigenvalue weighted by Gasteiger charge is -2.14. The molecule has 0 fully saturated rings. The normalized spacial score (nSPS) is 11.1.